The maximum absolute atomic E-state index is 12.6. The van der Waals surface area contributed by atoms with E-state index in [1.54, 1.807) is 9.80 Å². The summed E-state index contributed by atoms with van der Waals surface area (Å²) in [5.74, 6) is -0.616. The van der Waals surface area contributed by atoms with Crippen molar-refractivity contribution in [3.63, 3.8) is 0 Å². The van der Waals surface area contributed by atoms with Gasteiger partial charge in [0.25, 0.3) is 0 Å². The molecule has 0 unspecified atom stereocenters. The van der Waals surface area contributed by atoms with Crippen LogP contribution in [0.1, 0.15) is 32.1 Å². The average molecular weight is 373 g/mol. The number of nitrogens with zero attached hydrogens (tertiary/aromatic N) is 2. The number of hydrogen-bond donors (Lipinski definition) is 2. The van der Waals surface area contributed by atoms with E-state index < -0.39 is 27.9 Å². The van der Waals surface area contributed by atoms with Gasteiger partial charge in [-0.05, 0) is 18.8 Å². The minimum atomic E-state index is -3.26. The molecule has 0 aromatic carbocycles. The van der Waals surface area contributed by atoms with Gasteiger partial charge in [0.05, 0.1) is 24.1 Å². The number of fused-ring (bicyclic) bond motifs is 1. The fourth-order valence-corrected chi connectivity index (χ4v) is 6.38. The zero-order chi connectivity index (χ0) is 18.0. The Morgan fingerprint density at radius 2 is 1.72 bits per heavy atom. The Morgan fingerprint density at radius 3 is 2.40 bits per heavy atom. The molecule has 2 N–H and O–H groups in total. The monoisotopic (exact) mass is 373 g/mol. The molecule has 2 saturated heterocycles. The Balaban J connectivity index is 1.63. The highest BCUT2D eigenvalue weighted by Crippen LogP contribution is 2.27. The second-order valence-electron chi connectivity index (χ2n) is 7.46. The molecule has 8 nitrogen and oxygen atoms in total. The predicted molar refractivity (Wildman–Crippen MR) is 92.1 cm³/mol. The molecule has 0 bridgehead atoms. The van der Waals surface area contributed by atoms with E-state index in [4.69, 9.17) is 5.11 Å². The van der Waals surface area contributed by atoms with Crippen molar-refractivity contribution in [1.82, 2.24) is 15.1 Å². The molecule has 9 heteroatoms. The van der Waals surface area contributed by atoms with Crippen molar-refractivity contribution in [3.05, 3.63) is 0 Å². The van der Waals surface area contributed by atoms with Gasteiger partial charge in [0.1, 0.15) is 0 Å². The van der Waals surface area contributed by atoms with Crippen LogP contribution < -0.4 is 5.32 Å². The fourth-order valence-electron chi connectivity index (χ4n) is 4.37. The van der Waals surface area contributed by atoms with Crippen LogP contribution in [-0.4, -0.2) is 85.1 Å². The van der Waals surface area contributed by atoms with Crippen LogP contribution >= 0.6 is 0 Å². The van der Waals surface area contributed by atoms with Gasteiger partial charge in [-0.25, -0.2) is 13.2 Å². The molecule has 3 fully saturated rings. The number of piperazine rings is 1. The van der Waals surface area contributed by atoms with Crippen molar-refractivity contribution in [3.8, 4) is 0 Å². The van der Waals surface area contributed by atoms with E-state index in [-0.39, 0.29) is 24.1 Å². The van der Waals surface area contributed by atoms with Crippen LogP contribution in [0.5, 0.6) is 0 Å². The minimum Gasteiger partial charge on any atom is -0.480 e. The lowest BCUT2D eigenvalue weighted by atomic mass is 9.89. The maximum atomic E-state index is 12.6. The summed E-state index contributed by atoms with van der Waals surface area (Å²) in [5, 5.41) is 12.0. The maximum Gasteiger partial charge on any atom is 0.317 e. The molecule has 25 heavy (non-hydrogen) atoms. The normalized spacial score (nSPS) is 30.0. The number of carbonyl (C=O) groups excluding carboxylic acids is 1. The van der Waals surface area contributed by atoms with E-state index in [0.29, 0.717) is 25.6 Å². The molecule has 2 aliphatic heterocycles. The number of carboxylic acid groups (broad SMARTS) is 1. The average Bonchev–Trinajstić information content (AvgIpc) is 2.89. The van der Waals surface area contributed by atoms with Crippen LogP contribution in [-0.2, 0) is 14.6 Å². The van der Waals surface area contributed by atoms with Gasteiger partial charge in [-0.1, -0.05) is 19.3 Å². The van der Waals surface area contributed by atoms with Crippen molar-refractivity contribution in [2.45, 2.75) is 44.2 Å². The zero-order valence-corrected chi connectivity index (χ0v) is 15.2. The molecule has 1 aliphatic carbocycles. The number of carboxylic acids is 1. The van der Waals surface area contributed by atoms with Gasteiger partial charge < -0.3 is 15.3 Å². The largest absolute Gasteiger partial charge is 0.480 e. The van der Waals surface area contributed by atoms with Crippen molar-refractivity contribution in [2.75, 3.05) is 37.7 Å². The summed E-state index contributed by atoms with van der Waals surface area (Å²) >= 11 is 0. The van der Waals surface area contributed by atoms with Crippen LogP contribution in [0.3, 0.4) is 0 Å². The molecule has 1 saturated carbocycles. The summed E-state index contributed by atoms with van der Waals surface area (Å²) in [6.07, 6.45) is 5.94. The number of carbonyl (C=O) groups is 2. The van der Waals surface area contributed by atoms with E-state index >= 15 is 0 Å². The minimum absolute atomic E-state index is 0.0721. The molecule has 2 heterocycles. The van der Waals surface area contributed by atoms with Crippen molar-refractivity contribution in [2.24, 2.45) is 5.92 Å². The first-order chi connectivity index (χ1) is 11.9. The number of sulfone groups is 1. The highest BCUT2D eigenvalue weighted by Gasteiger charge is 2.48. The SMILES string of the molecule is O=C(O)CN1CCN(C(=O)NCC2CCCCC2)[C@H]2CS(=O)(=O)C[C@H]21. The predicted octanol–water partition coefficient (Wildman–Crippen LogP) is 0.144. The fraction of sp³-hybridized carbons (Fsp3) is 0.875. The van der Waals surface area contributed by atoms with Gasteiger partial charge in [0.2, 0.25) is 0 Å². The van der Waals surface area contributed by atoms with Crippen LogP contribution in [0.25, 0.3) is 0 Å². The molecule has 3 aliphatic rings. The van der Waals surface area contributed by atoms with Gasteiger partial charge in [0.15, 0.2) is 9.84 Å². The van der Waals surface area contributed by atoms with Crippen molar-refractivity contribution < 1.29 is 23.1 Å². The summed E-state index contributed by atoms with van der Waals surface area (Å²) < 4.78 is 24.1. The molecule has 0 radical (unpaired) electrons. The van der Waals surface area contributed by atoms with E-state index in [2.05, 4.69) is 5.32 Å². The van der Waals surface area contributed by atoms with E-state index in [9.17, 15) is 18.0 Å². The second-order valence-corrected chi connectivity index (χ2v) is 9.61. The molecule has 0 aromatic heterocycles. The molecule has 0 spiro atoms. The Morgan fingerprint density at radius 1 is 1.04 bits per heavy atom. The lowest BCUT2D eigenvalue weighted by Crippen LogP contribution is -2.63. The quantitative estimate of drug-likeness (QED) is 0.726. The van der Waals surface area contributed by atoms with E-state index in [1.807, 2.05) is 0 Å². The lowest BCUT2D eigenvalue weighted by molar-refractivity contribution is -0.139. The summed E-state index contributed by atoms with van der Waals surface area (Å²) in [5.41, 5.74) is 0. The first-order valence-corrected chi connectivity index (χ1v) is 10.9. The number of amides is 2. The number of urea groups is 1. The van der Waals surface area contributed by atoms with Gasteiger partial charge in [0, 0.05) is 25.7 Å². The summed E-state index contributed by atoms with van der Waals surface area (Å²) in [7, 11) is -3.26. The first kappa shape index (κ1) is 18.4. The number of rotatable bonds is 4. The Labute approximate surface area is 148 Å². The van der Waals surface area contributed by atoms with Gasteiger partial charge in [-0.15, -0.1) is 0 Å². The molecule has 2 atom stereocenters. The van der Waals surface area contributed by atoms with Crippen molar-refractivity contribution in [1.29, 1.82) is 0 Å². The molecule has 0 aromatic rings. The zero-order valence-electron chi connectivity index (χ0n) is 14.4. The van der Waals surface area contributed by atoms with Crippen LogP contribution in [0.2, 0.25) is 0 Å². The summed E-state index contributed by atoms with van der Waals surface area (Å²) in [4.78, 5) is 26.9. The molecule has 142 valence electrons. The molecular formula is C16H27N3O5S. The molecule has 3 rings (SSSR count). The van der Waals surface area contributed by atoms with E-state index in [0.717, 1.165) is 12.8 Å². The number of aliphatic carboxylic acids is 1. The Hall–Kier alpha value is -1.35. The Bertz CT molecular complexity index is 617. The highest BCUT2D eigenvalue weighted by atomic mass is 32.2. The molecular weight excluding hydrogens is 346 g/mol. The molecule has 2 amide bonds. The smallest absolute Gasteiger partial charge is 0.317 e. The topological polar surface area (TPSA) is 107 Å². The number of nitrogens with one attached hydrogen (secondary N) is 1. The highest BCUT2D eigenvalue weighted by molar-refractivity contribution is 7.91. The summed E-state index contributed by atoms with van der Waals surface area (Å²) in [6, 6.07) is -1.09. The first-order valence-electron chi connectivity index (χ1n) is 9.06. The van der Waals surface area contributed by atoms with E-state index in [1.165, 1.54) is 19.3 Å². The van der Waals surface area contributed by atoms with Gasteiger partial charge in [-0.2, -0.15) is 0 Å². The third-order valence-corrected chi connectivity index (χ3v) is 7.36. The second kappa shape index (κ2) is 7.49. The van der Waals surface area contributed by atoms with Crippen LogP contribution in [0.4, 0.5) is 4.79 Å². The third-order valence-electron chi connectivity index (χ3n) is 5.66. The van der Waals surface area contributed by atoms with Crippen LogP contribution in [0.15, 0.2) is 0 Å². The number of hydrogen-bond acceptors (Lipinski definition) is 5. The third kappa shape index (κ3) is 4.44. The van der Waals surface area contributed by atoms with Crippen molar-refractivity contribution >= 4 is 21.8 Å². The van der Waals surface area contributed by atoms with Gasteiger partial charge in [-0.3, -0.25) is 9.69 Å². The standard InChI is InChI=1S/C16H27N3O5S/c20-15(21)9-18-6-7-19(14-11-25(23,24)10-13(14)18)16(22)17-8-12-4-2-1-3-5-12/h12-14H,1-11H2,(H,17,22)(H,20,21)/t13-,14+/m1/s1. The lowest BCUT2D eigenvalue weighted by Gasteiger charge is -2.43. The van der Waals surface area contributed by atoms with Crippen LogP contribution in [0, 0.1) is 5.92 Å². The Kier molecular flexibility index (Phi) is 5.52. The summed E-state index contributed by atoms with van der Waals surface area (Å²) in [6.45, 7) is 1.20. The van der Waals surface area contributed by atoms with Gasteiger partial charge >= 0.3 is 12.0 Å².